The molecule has 2 atom stereocenters. The largest absolute Gasteiger partial charge is 0.441 e. The fraction of sp³-hybridized carbons (Fsp3) is 0.240. The molecule has 0 fully saturated rings. The number of carbonyl (C=O) groups excluding carboxylic acids is 2. The minimum absolute atomic E-state index is 0.106. The average molecular weight is 449 g/mol. The summed E-state index contributed by atoms with van der Waals surface area (Å²) in [5.41, 5.74) is 8.93. The molecule has 1 aromatic heterocycles. The number of hydrogen-bond donors (Lipinski definition) is 3. The van der Waals surface area contributed by atoms with E-state index in [0.717, 1.165) is 11.1 Å². The molecular weight excluding hydrogens is 420 g/mol. The molecule has 8 nitrogen and oxygen atoms in total. The van der Waals surface area contributed by atoms with Crippen LogP contribution >= 0.6 is 0 Å². The number of hydrogen-bond acceptors (Lipinski definition) is 6. The van der Waals surface area contributed by atoms with Crippen LogP contribution in [0.25, 0.3) is 0 Å². The highest BCUT2D eigenvalue weighted by molar-refractivity contribution is 6.05. The van der Waals surface area contributed by atoms with E-state index in [1.165, 1.54) is 4.90 Å². The maximum atomic E-state index is 12.8. The van der Waals surface area contributed by atoms with Gasteiger partial charge in [0.15, 0.2) is 0 Å². The summed E-state index contributed by atoms with van der Waals surface area (Å²) in [6.07, 6.45) is 2.26. The normalized spacial score (nSPS) is 12.5. The molecule has 3 aromatic rings. The van der Waals surface area contributed by atoms with Crippen molar-refractivity contribution in [3.8, 4) is 0 Å². The molecule has 0 unspecified atom stereocenters. The Kier molecular flexibility index (Phi) is 7.99. The lowest BCUT2D eigenvalue weighted by Gasteiger charge is -2.29. The summed E-state index contributed by atoms with van der Waals surface area (Å²) in [4.78, 5) is 30.9. The zero-order valence-corrected chi connectivity index (χ0v) is 18.6. The molecule has 0 bridgehead atoms. The van der Waals surface area contributed by atoms with Gasteiger partial charge in [-0.3, -0.25) is 14.7 Å². The van der Waals surface area contributed by atoms with E-state index in [4.69, 9.17) is 10.5 Å². The second-order valence-electron chi connectivity index (χ2n) is 7.57. The van der Waals surface area contributed by atoms with Gasteiger partial charge in [0, 0.05) is 30.1 Å². The number of ether oxygens (including phenoxy) is 1. The van der Waals surface area contributed by atoms with E-state index < -0.39 is 12.2 Å². The summed E-state index contributed by atoms with van der Waals surface area (Å²) in [5.74, 6) is -0.288. The first kappa shape index (κ1) is 23.7. The number of aliphatic hydroxyl groups excluding tert-OH is 1. The monoisotopic (exact) mass is 448 g/mol. The van der Waals surface area contributed by atoms with Gasteiger partial charge in [-0.25, -0.2) is 4.79 Å². The zero-order valence-electron chi connectivity index (χ0n) is 18.6. The van der Waals surface area contributed by atoms with E-state index in [2.05, 4.69) is 10.3 Å². The molecule has 0 saturated heterocycles. The third-order valence-corrected chi connectivity index (χ3v) is 5.34. The van der Waals surface area contributed by atoms with Crippen LogP contribution in [-0.4, -0.2) is 40.1 Å². The molecule has 3 rings (SSSR count). The summed E-state index contributed by atoms with van der Waals surface area (Å²) in [5, 5.41) is 12.3. The number of nitrogens with zero attached hydrogens (tertiary/aromatic N) is 2. The number of nitrogens with two attached hydrogens (primary N) is 1. The first-order valence-corrected chi connectivity index (χ1v) is 10.6. The van der Waals surface area contributed by atoms with E-state index in [1.54, 1.807) is 73.9 Å². The highest BCUT2D eigenvalue weighted by Gasteiger charge is 2.25. The third kappa shape index (κ3) is 6.08. The second-order valence-corrected chi connectivity index (χ2v) is 7.57. The Labute approximate surface area is 193 Å². The van der Waals surface area contributed by atoms with Crippen molar-refractivity contribution in [1.29, 1.82) is 0 Å². The Hall–Kier alpha value is -3.91. The lowest BCUT2D eigenvalue weighted by molar-refractivity contribution is 0.0522. The number of nitrogen functional groups attached to an aromatic ring is 1. The van der Waals surface area contributed by atoms with Crippen molar-refractivity contribution in [3.63, 3.8) is 0 Å². The maximum absolute atomic E-state index is 12.8. The predicted molar refractivity (Wildman–Crippen MR) is 127 cm³/mol. The fourth-order valence-electron chi connectivity index (χ4n) is 3.35. The molecule has 4 N–H and O–H groups in total. The summed E-state index contributed by atoms with van der Waals surface area (Å²) in [7, 11) is 0. The van der Waals surface area contributed by atoms with Crippen LogP contribution in [0.15, 0.2) is 73.1 Å². The molecule has 0 aliphatic heterocycles. The molecule has 0 spiro atoms. The molecule has 172 valence electrons. The number of rotatable bonds is 8. The number of anilines is 2. The Morgan fingerprint density at radius 2 is 1.79 bits per heavy atom. The highest BCUT2D eigenvalue weighted by Crippen LogP contribution is 2.25. The van der Waals surface area contributed by atoms with Gasteiger partial charge >= 0.3 is 6.09 Å². The minimum atomic E-state index is -0.547. The van der Waals surface area contributed by atoms with E-state index >= 15 is 0 Å². The van der Waals surface area contributed by atoms with Crippen LogP contribution in [0, 0.1) is 0 Å². The summed E-state index contributed by atoms with van der Waals surface area (Å²) < 4.78 is 5.59. The number of carbonyl (C=O) groups is 2. The van der Waals surface area contributed by atoms with Gasteiger partial charge in [0.2, 0.25) is 0 Å². The number of pyridine rings is 1. The number of aromatic nitrogens is 1. The number of nitrogens with one attached hydrogen (secondary N) is 1. The van der Waals surface area contributed by atoms with Crippen LogP contribution in [0.2, 0.25) is 0 Å². The van der Waals surface area contributed by atoms with Gasteiger partial charge in [-0.15, -0.1) is 0 Å². The van der Waals surface area contributed by atoms with Crippen molar-refractivity contribution >= 4 is 23.4 Å². The van der Waals surface area contributed by atoms with Crippen LogP contribution in [0.1, 0.15) is 47.5 Å². The van der Waals surface area contributed by atoms with Crippen molar-refractivity contribution < 1.29 is 19.4 Å². The van der Waals surface area contributed by atoms with Crippen LogP contribution in [0.5, 0.6) is 0 Å². The van der Waals surface area contributed by atoms with Gasteiger partial charge in [-0.2, -0.15) is 0 Å². The van der Waals surface area contributed by atoms with Gasteiger partial charge in [0.1, 0.15) is 6.10 Å². The van der Waals surface area contributed by atoms with Crippen LogP contribution in [-0.2, 0) is 4.74 Å². The smallest absolute Gasteiger partial charge is 0.410 e. The number of amides is 2. The zero-order chi connectivity index (χ0) is 23.8. The van der Waals surface area contributed by atoms with E-state index in [0.29, 0.717) is 16.9 Å². The molecule has 0 radical (unpaired) electrons. The van der Waals surface area contributed by atoms with Crippen molar-refractivity contribution in [2.45, 2.75) is 26.0 Å². The van der Waals surface area contributed by atoms with Crippen LogP contribution in [0.4, 0.5) is 16.2 Å². The topological polar surface area (TPSA) is 118 Å². The molecule has 0 aliphatic rings. The van der Waals surface area contributed by atoms with Crippen LogP contribution < -0.4 is 11.1 Å². The predicted octanol–water partition coefficient (Wildman–Crippen LogP) is 4.17. The van der Waals surface area contributed by atoms with Gasteiger partial charge in [-0.05, 0) is 49.7 Å². The molecule has 8 heteroatoms. The van der Waals surface area contributed by atoms with Crippen molar-refractivity contribution in [3.05, 3.63) is 89.7 Å². The third-order valence-electron chi connectivity index (χ3n) is 5.34. The van der Waals surface area contributed by atoms with Crippen molar-refractivity contribution in [2.24, 2.45) is 0 Å². The highest BCUT2D eigenvalue weighted by atomic mass is 16.6. The van der Waals surface area contributed by atoms with Crippen LogP contribution in [0.3, 0.4) is 0 Å². The van der Waals surface area contributed by atoms with Gasteiger partial charge in [-0.1, -0.05) is 30.3 Å². The quantitative estimate of drug-likeness (QED) is 0.445. The first-order valence-electron chi connectivity index (χ1n) is 10.6. The summed E-state index contributed by atoms with van der Waals surface area (Å²) in [6.45, 7) is 3.50. The first-order chi connectivity index (χ1) is 15.9. The number of para-hydroxylation sites is 2. The molecule has 1 heterocycles. The second kappa shape index (κ2) is 11.1. The Morgan fingerprint density at radius 1 is 1.06 bits per heavy atom. The van der Waals surface area contributed by atoms with Gasteiger partial charge in [0.25, 0.3) is 5.91 Å². The Balaban J connectivity index is 1.69. The van der Waals surface area contributed by atoms with Crippen molar-refractivity contribution in [1.82, 2.24) is 9.88 Å². The average Bonchev–Trinajstić information content (AvgIpc) is 2.84. The van der Waals surface area contributed by atoms with Crippen molar-refractivity contribution in [2.75, 3.05) is 24.2 Å². The Bertz CT molecular complexity index is 1070. The molecule has 2 aromatic carbocycles. The van der Waals surface area contributed by atoms with E-state index in [1.807, 2.05) is 13.0 Å². The van der Waals surface area contributed by atoms with Gasteiger partial charge < -0.3 is 20.9 Å². The molecule has 2 amide bonds. The molecule has 33 heavy (non-hydrogen) atoms. The molecule has 0 aliphatic carbocycles. The van der Waals surface area contributed by atoms with E-state index in [-0.39, 0.29) is 25.1 Å². The summed E-state index contributed by atoms with van der Waals surface area (Å²) in [6, 6.07) is 17.2. The lowest BCUT2D eigenvalue weighted by atomic mass is 10.0. The number of aliphatic hydroxyl groups is 1. The minimum Gasteiger partial charge on any atom is -0.441 e. The molecule has 0 saturated carbocycles. The van der Waals surface area contributed by atoms with Gasteiger partial charge in [0.05, 0.1) is 24.0 Å². The molecular formula is C25H28N4O4. The fourth-order valence-corrected chi connectivity index (χ4v) is 3.35. The summed E-state index contributed by atoms with van der Waals surface area (Å²) >= 11 is 0. The lowest BCUT2D eigenvalue weighted by Crippen LogP contribution is -2.36. The number of benzene rings is 2. The Morgan fingerprint density at radius 3 is 2.42 bits per heavy atom. The van der Waals surface area contributed by atoms with E-state index in [9.17, 15) is 14.7 Å². The maximum Gasteiger partial charge on any atom is 0.410 e. The standard InChI is InChI=1S/C25H28N4O4/c1-17(29(14-15-30)25(32)33-18(2)21-6-5-13-27-16-21)19-9-11-20(12-10-19)24(31)28-23-8-4-3-7-22(23)26/h3-13,16-18,30H,14-15,26H2,1-2H3,(H,28,31)/t17-,18+/m1/s1. The SMILES string of the molecule is C[C@H](OC(=O)N(CCO)[C@H](C)c1ccc(C(=O)Nc2ccccc2N)cc1)c1cccnc1.